The molecule has 2 amide bonds. The van der Waals surface area contributed by atoms with E-state index in [2.05, 4.69) is 10.6 Å². The highest BCUT2D eigenvalue weighted by atomic mass is 16.5. The van der Waals surface area contributed by atoms with Crippen molar-refractivity contribution in [3.63, 3.8) is 0 Å². The van der Waals surface area contributed by atoms with Crippen LogP contribution < -0.4 is 15.4 Å². The van der Waals surface area contributed by atoms with Crippen molar-refractivity contribution in [1.82, 2.24) is 10.6 Å². The Bertz CT molecular complexity index is 1020. The van der Waals surface area contributed by atoms with Crippen LogP contribution in [0.1, 0.15) is 16.9 Å². The van der Waals surface area contributed by atoms with E-state index < -0.39 is 11.8 Å². The van der Waals surface area contributed by atoms with Gasteiger partial charge in [0.1, 0.15) is 17.2 Å². The SMILES string of the molecule is COc1ccc(/C=C(/NC(=O)/C=C/c2ccccc2)C(=O)NCc2ccco2)cc1. The molecule has 1 aromatic heterocycles. The van der Waals surface area contributed by atoms with Crippen LogP contribution in [0.15, 0.2) is 89.2 Å². The monoisotopic (exact) mass is 402 g/mol. The fourth-order valence-electron chi connectivity index (χ4n) is 2.61. The standard InChI is InChI=1S/C24H22N2O4/c1-29-20-12-9-19(10-13-20)16-22(24(28)25-17-21-8-5-15-30-21)26-23(27)14-11-18-6-3-2-4-7-18/h2-16H,17H2,1H3,(H,25,28)(H,26,27)/b14-11+,22-16+. The van der Waals surface area contributed by atoms with Gasteiger partial charge >= 0.3 is 0 Å². The number of rotatable bonds is 8. The molecule has 0 saturated carbocycles. The van der Waals surface area contributed by atoms with Crippen molar-refractivity contribution in [2.24, 2.45) is 0 Å². The summed E-state index contributed by atoms with van der Waals surface area (Å²) in [5.74, 6) is 0.476. The first-order chi connectivity index (χ1) is 14.6. The first-order valence-corrected chi connectivity index (χ1v) is 9.34. The summed E-state index contributed by atoms with van der Waals surface area (Å²) in [6, 6.07) is 20.1. The summed E-state index contributed by atoms with van der Waals surface area (Å²) in [4.78, 5) is 25.1. The number of methoxy groups -OCH3 is 1. The van der Waals surface area contributed by atoms with Crippen LogP contribution in [-0.4, -0.2) is 18.9 Å². The molecule has 2 aromatic carbocycles. The molecule has 0 aliphatic carbocycles. The first-order valence-electron chi connectivity index (χ1n) is 9.34. The summed E-state index contributed by atoms with van der Waals surface area (Å²) in [6.07, 6.45) is 6.20. The van der Waals surface area contributed by atoms with E-state index in [-0.39, 0.29) is 12.2 Å². The second kappa shape index (κ2) is 10.5. The highest BCUT2D eigenvalue weighted by Crippen LogP contribution is 2.14. The van der Waals surface area contributed by atoms with E-state index in [0.717, 1.165) is 11.1 Å². The number of carbonyl (C=O) groups excluding carboxylic acids is 2. The highest BCUT2D eigenvalue weighted by molar-refractivity contribution is 6.04. The van der Waals surface area contributed by atoms with Crippen LogP contribution in [-0.2, 0) is 16.1 Å². The van der Waals surface area contributed by atoms with Crippen molar-refractivity contribution < 1.29 is 18.7 Å². The molecular formula is C24H22N2O4. The minimum Gasteiger partial charge on any atom is -0.497 e. The van der Waals surface area contributed by atoms with E-state index in [4.69, 9.17) is 9.15 Å². The van der Waals surface area contributed by atoms with Gasteiger partial charge in [-0.3, -0.25) is 9.59 Å². The van der Waals surface area contributed by atoms with Gasteiger partial charge in [-0.2, -0.15) is 0 Å². The van der Waals surface area contributed by atoms with Crippen molar-refractivity contribution >= 4 is 24.0 Å². The molecule has 0 aliphatic heterocycles. The lowest BCUT2D eigenvalue weighted by molar-refractivity contribution is -0.121. The summed E-state index contributed by atoms with van der Waals surface area (Å²) < 4.78 is 10.4. The first kappa shape index (κ1) is 20.7. The Balaban J connectivity index is 1.74. The van der Waals surface area contributed by atoms with Crippen LogP contribution in [0.25, 0.3) is 12.2 Å². The van der Waals surface area contributed by atoms with Gasteiger partial charge < -0.3 is 19.8 Å². The highest BCUT2D eigenvalue weighted by Gasteiger charge is 2.12. The van der Waals surface area contributed by atoms with Gasteiger partial charge in [-0.1, -0.05) is 42.5 Å². The molecule has 2 N–H and O–H groups in total. The summed E-state index contributed by atoms with van der Waals surface area (Å²) in [5, 5.41) is 5.40. The van der Waals surface area contributed by atoms with Gasteiger partial charge in [-0.25, -0.2) is 0 Å². The third kappa shape index (κ3) is 6.24. The minimum absolute atomic E-state index is 0.120. The van der Waals surface area contributed by atoms with Crippen LogP contribution in [0.4, 0.5) is 0 Å². The average molecular weight is 402 g/mol. The smallest absolute Gasteiger partial charge is 0.268 e. The lowest BCUT2D eigenvalue weighted by atomic mass is 10.1. The number of hydrogen-bond acceptors (Lipinski definition) is 4. The largest absolute Gasteiger partial charge is 0.497 e. The van der Waals surface area contributed by atoms with Gasteiger partial charge in [0.25, 0.3) is 5.91 Å². The van der Waals surface area contributed by atoms with E-state index in [1.165, 1.54) is 12.3 Å². The molecule has 0 atom stereocenters. The van der Waals surface area contributed by atoms with Gasteiger partial charge in [0.2, 0.25) is 5.91 Å². The fourth-order valence-corrected chi connectivity index (χ4v) is 2.61. The van der Waals surface area contributed by atoms with Gasteiger partial charge in [-0.15, -0.1) is 0 Å². The zero-order chi connectivity index (χ0) is 21.2. The van der Waals surface area contributed by atoms with E-state index in [1.54, 1.807) is 55.7 Å². The Morgan fingerprint density at radius 1 is 0.967 bits per heavy atom. The number of ether oxygens (including phenoxy) is 1. The normalized spacial score (nSPS) is 11.3. The maximum absolute atomic E-state index is 12.7. The maximum Gasteiger partial charge on any atom is 0.268 e. The second-order valence-corrected chi connectivity index (χ2v) is 6.33. The number of hydrogen-bond donors (Lipinski definition) is 2. The molecule has 1 heterocycles. The Kier molecular flexibility index (Phi) is 7.22. The zero-order valence-corrected chi connectivity index (χ0v) is 16.5. The van der Waals surface area contributed by atoms with Gasteiger partial charge in [0.05, 0.1) is 19.9 Å². The van der Waals surface area contributed by atoms with Crippen LogP contribution in [0, 0.1) is 0 Å². The fraction of sp³-hybridized carbons (Fsp3) is 0.0833. The van der Waals surface area contributed by atoms with Gasteiger partial charge in [0.15, 0.2) is 0 Å². The van der Waals surface area contributed by atoms with Crippen LogP contribution in [0.5, 0.6) is 5.75 Å². The number of carbonyl (C=O) groups is 2. The molecular weight excluding hydrogens is 380 g/mol. The summed E-state index contributed by atoms with van der Waals surface area (Å²) in [6.45, 7) is 0.210. The predicted molar refractivity (Wildman–Crippen MR) is 115 cm³/mol. The minimum atomic E-state index is -0.427. The van der Waals surface area contributed by atoms with Crippen molar-refractivity contribution in [3.05, 3.63) is 102 Å². The number of nitrogens with one attached hydrogen (secondary N) is 2. The molecule has 3 aromatic rings. The molecule has 0 spiro atoms. The molecule has 0 radical (unpaired) electrons. The molecule has 0 bridgehead atoms. The summed E-state index contributed by atoms with van der Waals surface area (Å²) >= 11 is 0. The summed E-state index contributed by atoms with van der Waals surface area (Å²) in [5.41, 5.74) is 1.75. The Hall–Kier alpha value is -4.06. The van der Waals surface area contributed by atoms with Crippen LogP contribution >= 0.6 is 0 Å². The quantitative estimate of drug-likeness (QED) is 0.562. The molecule has 3 rings (SSSR count). The van der Waals surface area contributed by atoms with Crippen molar-refractivity contribution in [1.29, 1.82) is 0 Å². The summed E-state index contributed by atoms with van der Waals surface area (Å²) in [7, 11) is 1.58. The van der Waals surface area contributed by atoms with E-state index in [0.29, 0.717) is 11.5 Å². The van der Waals surface area contributed by atoms with Crippen LogP contribution in [0.3, 0.4) is 0 Å². The topological polar surface area (TPSA) is 80.6 Å². The van der Waals surface area contributed by atoms with Gasteiger partial charge in [0, 0.05) is 6.08 Å². The van der Waals surface area contributed by atoms with Crippen molar-refractivity contribution in [3.8, 4) is 5.75 Å². The third-order valence-corrected chi connectivity index (χ3v) is 4.16. The molecule has 152 valence electrons. The molecule has 30 heavy (non-hydrogen) atoms. The lowest BCUT2D eigenvalue weighted by Gasteiger charge is -2.09. The third-order valence-electron chi connectivity index (χ3n) is 4.16. The molecule has 6 nitrogen and oxygen atoms in total. The number of benzene rings is 2. The molecule has 0 saturated heterocycles. The Morgan fingerprint density at radius 3 is 2.40 bits per heavy atom. The Morgan fingerprint density at radius 2 is 1.73 bits per heavy atom. The molecule has 0 unspecified atom stereocenters. The molecule has 0 fully saturated rings. The number of furan rings is 1. The second-order valence-electron chi connectivity index (χ2n) is 6.33. The average Bonchev–Trinajstić information content (AvgIpc) is 3.30. The molecule has 6 heteroatoms. The zero-order valence-electron chi connectivity index (χ0n) is 16.5. The van der Waals surface area contributed by atoms with Gasteiger partial charge in [-0.05, 0) is 47.5 Å². The predicted octanol–water partition coefficient (Wildman–Crippen LogP) is 3.78. The Labute approximate surface area is 174 Å². The van der Waals surface area contributed by atoms with E-state index in [1.807, 2.05) is 30.3 Å². The number of amides is 2. The van der Waals surface area contributed by atoms with E-state index >= 15 is 0 Å². The van der Waals surface area contributed by atoms with Crippen LogP contribution in [0.2, 0.25) is 0 Å². The maximum atomic E-state index is 12.7. The molecule has 0 aliphatic rings. The van der Waals surface area contributed by atoms with E-state index in [9.17, 15) is 9.59 Å². The lowest BCUT2D eigenvalue weighted by Crippen LogP contribution is -2.33. The van der Waals surface area contributed by atoms with Crippen molar-refractivity contribution in [2.75, 3.05) is 7.11 Å². The van der Waals surface area contributed by atoms with Crippen molar-refractivity contribution in [2.45, 2.75) is 6.54 Å².